The van der Waals surface area contributed by atoms with Crippen LogP contribution in [0.4, 0.5) is 0 Å². The van der Waals surface area contributed by atoms with Gasteiger partial charge >= 0.3 is 5.63 Å². The van der Waals surface area contributed by atoms with E-state index in [-0.39, 0.29) is 18.2 Å². The number of furan rings is 1. The van der Waals surface area contributed by atoms with Gasteiger partial charge in [0.25, 0.3) is 0 Å². The van der Waals surface area contributed by atoms with E-state index >= 15 is 0 Å². The molecule has 3 heterocycles. The highest BCUT2D eigenvalue weighted by atomic mass is 16.4. The third kappa shape index (κ3) is 4.74. The summed E-state index contributed by atoms with van der Waals surface area (Å²) >= 11 is 0. The van der Waals surface area contributed by atoms with Crippen molar-refractivity contribution in [3.63, 3.8) is 0 Å². The van der Waals surface area contributed by atoms with E-state index in [9.17, 15) is 14.7 Å². The van der Waals surface area contributed by atoms with Gasteiger partial charge in [0.2, 0.25) is 5.91 Å². The number of aliphatic hydroxyl groups is 1. The Kier molecular flexibility index (Phi) is 6.74. The maximum Gasteiger partial charge on any atom is 0.339 e. The molecule has 0 unspecified atom stereocenters. The quantitative estimate of drug-likeness (QED) is 0.228. The van der Waals surface area contributed by atoms with Crippen molar-refractivity contribution in [1.29, 1.82) is 0 Å². The van der Waals surface area contributed by atoms with Gasteiger partial charge in [-0.1, -0.05) is 67.4 Å². The van der Waals surface area contributed by atoms with Crippen LogP contribution in [0.2, 0.25) is 0 Å². The minimum atomic E-state index is -0.619. The van der Waals surface area contributed by atoms with E-state index in [1.807, 2.05) is 36.1 Å². The van der Waals surface area contributed by atoms with Crippen molar-refractivity contribution in [2.24, 2.45) is 5.92 Å². The van der Waals surface area contributed by atoms with Crippen LogP contribution in [0.3, 0.4) is 0 Å². The van der Waals surface area contributed by atoms with Gasteiger partial charge in [-0.15, -0.1) is 0 Å². The zero-order valence-corrected chi connectivity index (χ0v) is 23.9. The number of aryl methyl sites for hydroxylation is 1. The number of carbonyl (C=O) groups is 1. The summed E-state index contributed by atoms with van der Waals surface area (Å²) in [6.07, 6.45) is 6.93. The van der Waals surface area contributed by atoms with Crippen LogP contribution < -0.4 is 5.63 Å². The van der Waals surface area contributed by atoms with Gasteiger partial charge < -0.3 is 18.8 Å². The second-order valence-corrected chi connectivity index (χ2v) is 12.1. The molecule has 1 saturated heterocycles. The van der Waals surface area contributed by atoms with E-state index in [1.165, 1.54) is 5.56 Å². The average molecular weight is 562 g/mol. The topological polar surface area (TPSA) is 83.9 Å². The Morgan fingerprint density at radius 1 is 0.952 bits per heavy atom. The molecular formula is C36H35NO5. The monoisotopic (exact) mass is 561 g/mol. The van der Waals surface area contributed by atoms with Crippen molar-refractivity contribution < 1.29 is 18.7 Å². The molecule has 6 heteroatoms. The molecule has 7 rings (SSSR count). The van der Waals surface area contributed by atoms with Crippen LogP contribution in [0.25, 0.3) is 44.2 Å². The predicted molar refractivity (Wildman–Crippen MR) is 164 cm³/mol. The number of fused-ring (bicyclic) bond motifs is 3. The van der Waals surface area contributed by atoms with Crippen molar-refractivity contribution >= 4 is 27.8 Å². The van der Waals surface area contributed by atoms with E-state index < -0.39 is 11.2 Å². The van der Waals surface area contributed by atoms with Gasteiger partial charge in [-0.3, -0.25) is 4.79 Å². The van der Waals surface area contributed by atoms with Gasteiger partial charge in [0.05, 0.1) is 11.9 Å². The molecule has 0 bridgehead atoms. The molecule has 0 radical (unpaired) electrons. The lowest BCUT2D eigenvalue weighted by Crippen LogP contribution is -2.54. The largest absolute Gasteiger partial charge is 0.464 e. The first-order valence-electron chi connectivity index (χ1n) is 15.0. The maximum absolute atomic E-state index is 13.2. The van der Waals surface area contributed by atoms with E-state index in [2.05, 4.69) is 36.4 Å². The van der Waals surface area contributed by atoms with E-state index in [0.717, 1.165) is 58.7 Å². The Morgan fingerprint density at radius 3 is 2.52 bits per heavy atom. The predicted octanol–water partition coefficient (Wildman–Crippen LogP) is 7.27. The van der Waals surface area contributed by atoms with Gasteiger partial charge in [-0.05, 0) is 60.9 Å². The van der Waals surface area contributed by atoms with Crippen LogP contribution in [-0.2, 0) is 11.2 Å². The highest BCUT2D eigenvalue weighted by Gasteiger charge is 2.43. The third-order valence-corrected chi connectivity index (χ3v) is 9.65. The van der Waals surface area contributed by atoms with E-state index in [4.69, 9.17) is 8.83 Å². The van der Waals surface area contributed by atoms with Gasteiger partial charge in [-0.25, -0.2) is 4.79 Å². The van der Waals surface area contributed by atoms with E-state index in [1.54, 1.807) is 12.3 Å². The van der Waals surface area contributed by atoms with Gasteiger partial charge in [-0.2, -0.15) is 0 Å². The summed E-state index contributed by atoms with van der Waals surface area (Å²) in [5.74, 6) is 0.186. The third-order valence-electron chi connectivity index (χ3n) is 9.65. The fourth-order valence-electron chi connectivity index (χ4n) is 7.08. The maximum atomic E-state index is 13.2. The molecule has 0 spiro atoms. The smallest absolute Gasteiger partial charge is 0.339 e. The molecule has 1 aliphatic heterocycles. The van der Waals surface area contributed by atoms with Crippen molar-refractivity contribution in [2.75, 3.05) is 13.1 Å². The Labute approximate surface area is 244 Å². The van der Waals surface area contributed by atoms with Gasteiger partial charge in [0.1, 0.15) is 11.2 Å². The number of benzene rings is 3. The van der Waals surface area contributed by atoms with Gasteiger partial charge in [0, 0.05) is 53.4 Å². The second-order valence-electron chi connectivity index (χ2n) is 12.1. The van der Waals surface area contributed by atoms with Crippen LogP contribution in [0.5, 0.6) is 0 Å². The number of carbonyl (C=O) groups excluding carboxylic acids is 1. The van der Waals surface area contributed by atoms with Crippen LogP contribution in [-0.4, -0.2) is 34.6 Å². The molecule has 214 valence electrons. The van der Waals surface area contributed by atoms with Gasteiger partial charge in [0.15, 0.2) is 0 Å². The number of hydrogen-bond acceptors (Lipinski definition) is 5. The highest BCUT2D eigenvalue weighted by molar-refractivity contribution is 6.02. The number of likely N-dealkylation sites (tertiary alicyclic amines) is 1. The first-order valence-corrected chi connectivity index (χ1v) is 15.0. The number of nitrogens with zero attached hydrogens (tertiary/aromatic N) is 1. The molecule has 1 N–H and O–H groups in total. The molecule has 42 heavy (non-hydrogen) atoms. The Morgan fingerprint density at radius 2 is 1.71 bits per heavy atom. The first-order chi connectivity index (χ1) is 20.4. The highest BCUT2D eigenvalue weighted by Crippen LogP contribution is 2.40. The summed E-state index contributed by atoms with van der Waals surface area (Å²) in [4.78, 5) is 28.1. The molecule has 2 fully saturated rings. The molecule has 5 aromatic rings. The zero-order chi connectivity index (χ0) is 28.8. The summed E-state index contributed by atoms with van der Waals surface area (Å²) in [6, 6.07) is 22.5. The molecule has 1 aliphatic carbocycles. The summed E-state index contributed by atoms with van der Waals surface area (Å²) < 4.78 is 11.6. The summed E-state index contributed by atoms with van der Waals surface area (Å²) in [7, 11) is 0. The molecule has 6 nitrogen and oxygen atoms in total. The lowest BCUT2D eigenvalue weighted by atomic mass is 9.71. The van der Waals surface area contributed by atoms with Crippen LogP contribution in [0.1, 0.15) is 49.7 Å². The Balaban J connectivity index is 1.14. The minimum Gasteiger partial charge on any atom is -0.464 e. The number of hydrogen-bond donors (Lipinski definition) is 1. The van der Waals surface area contributed by atoms with Crippen LogP contribution in [0.15, 0.2) is 86.6 Å². The molecule has 2 aromatic heterocycles. The SMILES string of the molecule is Cc1c(CCC(=O)N2CC[C@]3(O)CCCC[C@@H]3C2)c(=O)oc2cc3occ(-c4ccc(-c5ccccc5)cc4)c3cc12. The molecule has 3 aromatic carbocycles. The first kappa shape index (κ1) is 26.7. The van der Waals surface area contributed by atoms with E-state index in [0.29, 0.717) is 42.7 Å². The molecule has 1 amide bonds. The van der Waals surface area contributed by atoms with Crippen molar-refractivity contribution in [1.82, 2.24) is 4.90 Å². The van der Waals surface area contributed by atoms with Crippen LogP contribution in [0, 0.1) is 12.8 Å². The molecule has 2 atom stereocenters. The molecule has 2 aliphatic rings. The summed E-state index contributed by atoms with van der Waals surface area (Å²) in [5.41, 5.74) is 5.81. The van der Waals surface area contributed by atoms with Crippen molar-refractivity contribution in [3.8, 4) is 22.3 Å². The summed E-state index contributed by atoms with van der Waals surface area (Å²) in [6.45, 7) is 3.11. The lowest BCUT2D eigenvalue weighted by molar-refractivity contribution is -0.143. The average Bonchev–Trinajstić information content (AvgIpc) is 3.43. The van der Waals surface area contributed by atoms with Crippen molar-refractivity contribution in [2.45, 2.75) is 57.5 Å². The normalized spacial score (nSPS) is 20.6. The second kappa shape index (κ2) is 10.6. The lowest BCUT2D eigenvalue weighted by Gasteiger charge is -2.47. The molecular weight excluding hydrogens is 526 g/mol. The zero-order valence-electron chi connectivity index (χ0n) is 23.9. The number of rotatable bonds is 5. The fourth-order valence-corrected chi connectivity index (χ4v) is 7.08. The van der Waals surface area contributed by atoms with Crippen molar-refractivity contribution in [3.05, 3.63) is 94.5 Å². The Hall–Kier alpha value is -4.16. The fraction of sp³-hybridized carbons (Fsp3) is 0.333. The Bertz CT molecular complexity index is 1830. The standard InChI is InChI=1S/C36H35NO5/c1-23-28(14-15-34(38)37-18-17-36(40)16-6-5-9-27(36)21-37)35(39)42-33-20-32-30(19-29(23)33)31(22-41-32)26-12-10-25(11-13-26)24-7-3-2-4-8-24/h2-4,7-8,10-13,19-20,22,27,40H,5-6,9,14-18,21H2,1H3/t27-,36-/m1/s1. The molecule has 1 saturated carbocycles. The number of amides is 1. The van der Waals surface area contributed by atoms with Crippen LogP contribution >= 0.6 is 0 Å². The minimum absolute atomic E-state index is 0.0352. The summed E-state index contributed by atoms with van der Waals surface area (Å²) in [5, 5.41) is 12.8. The number of piperidine rings is 1.